The van der Waals surface area contributed by atoms with Gasteiger partial charge in [0.25, 0.3) is 0 Å². The molecule has 0 aromatic heterocycles. The van der Waals surface area contributed by atoms with Gasteiger partial charge in [0, 0.05) is 0 Å². The van der Waals surface area contributed by atoms with Crippen LogP contribution in [0.5, 0.6) is 0 Å². The minimum atomic E-state index is 0.822. The fourth-order valence-corrected chi connectivity index (χ4v) is 2.59. The number of allylic oxidation sites excluding steroid dienone is 2. The SMILES string of the molecule is C/C1=C/CCCCCCCCCCCC1C. The molecule has 1 aliphatic rings. The Morgan fingerprint density at radius 2 is 1.31 bits per heavy atom. The molecule has 0 bridgehead atoms. The lowest BCUT2D eigenvalue weighted by Crippen LogP contribution is -1.97. The third-order valence-electron chi connectivity index (χ3n) is 4.08. The summed E-state index contributed by atoms with van der Waals surface area (Å²) in [6.45, 7) is 4.73. The zero-order valence-electron chi connectivity index (χ0n) is 11.4. The summed E-state index contributed by atoms with van der Waals surface area (Å²) in [7, 11) is 0. The molecule has 0 heteroatoms. The monoisotopic (exact) mass is 222 g/mol. The molecule has 0 spiro atoms. The Kier molecular flexibility index (Phi) is 7.63. The third kappa shape index (κ3) is 6.35. The zero-order chi connectivity index (χ0) is 11.6. The van der Waals surface area contributed by atoms with Crippen molar-refractivity contribution in [3.8, 4) is 0 Å². The topological polar surface area (TPSA) is 0 Å². The molecular weight excluding hydrogens is 192 g/mol. The van der Waals surface area contributed by atoms with Gasteiger partial charge in [0.05, 0.1) is 0 Å². The van der Waals surface area contributed by atoms with Crippen LogP contribution in [0.1, 0.15) is 84.5 Å². The first kappa shape index (κ1) is 13.8. The second-order valence-electron chi connectivity index (χ2n) is 5.61. The number of rotatable bonds is 0. The van der Waals surface area contributed by atoms with Crippen LogP contribution in [0.3, 0.4) is 0 Å². The van der Waals surface area contributed by atoms with E-state index in [9.17, 15) is 0 Å². The molecule has 0 N–H and O–H groups in total. The van der Waals surface area contributed by atoms with Gasteiger partial charge in [-0.1, -0.05) is 69.9 Å². The van der Waals surface area contributed by atoms with Crippen LogP contribution in [-0.2, 0) is 0 Å². The van der Waals surface area contributed by atoms with E-state index < -0.39 is 0 Å². The molecule has 0 heterocycles. The molecule has 0 radical (unpaired) electrons. The van der Waals surface area contributed by atoms with E-state index in [1.165, 1.54) is 70.6 Å². The van der Waals surface area contributed by atoms with Crippen molar-refractivity contribution in [1.82, 2.24) is 0 Å². The van der Waals surface area contributed by atoms with Crippen molar-refractivity contribution in [3.05, 3.63) is 11.6 Å². The summed E-state index contributed by atoms with van der Waals surface area (Å²) in [6.07, 6.45) is 18.3. The lowest BCUT2D eigenvalue weighted by molar-refractivity contribution is 0.511. The predicted molar refractivity (Wildman–Crippen MR) is 73.7 cm³/mol. The van der Waals surface area contributed by atoms with Crippen molar-refractivity contribution in [1.29, 1.82) is 0 Å². The van der Waals surface area contributed by atoms with Crippen LogP contribution in [-0.4, -0.2) is 0 Å². The van der Waals surface area contributed by atoms with Gasteiger partial charge >= 0.3 is 0 Å². The largest absolute Gasteiger partial charge is 0.0853 e. The minimum Gasteiger partial charge on any atom is -0.0853 e. The molecule has 0 aromatic carbocycles. The maximum absolute atomic E-state index is 2.50. The standard InChI is InChI=1S/C16H30/c1-15-13-11-9-7-5-3-4-6-8-10-12-14-16(15)2/h13,16H,3-12,14H2,1-2H3/b15-13-. The minimum absolute atomic E-state index is 0.822. The predicted octanol–water partition coefficient (Wildman–Crippen LogP) is 5.87. The molecule has 0 aliphatic heterocycles. The van der Waals surface area contributed by atoms with Crippen molar-refractivity contribution in [3.63, 3.8) is 0 Å². The lowest BCUT2D eigenvalue weighted by Gasteiger charge is -2.13. The molecule has 0 saturated carbocycles. The Balaban J connectivity index is 2.32. The first-order valence-corrected chi connectivity index (χ1v) is 7.47. The molecule has 1 aliphatic carbocycles. The van der Waals surface area contributed by atoms with Crippen LogP contribution in [0.15, 0.2) is 11.6 Å². The van der Waals surface area contributed by atoms with Crippen LogP contribution in [0.25, 0.3) is 0 Å². The van der Waals surface area contributed by atoms with E-state index in [1.54, 1.807) is 5.57 Å². The van der Waals surface area contributed by atoms with Gasteiger partial charge in [-0.3, -0.25) is 0 Å². The molecule has 1 rings (SSSR count). The van der Waals surface area contributed by atoms with Gasteiger partial charge in [-0.25, -0.2) is 0 Å². The first-order chi connectivity index (χ1) is 7.80. The summed E-state index contributed by atoms with van der Waals surface area (Å²) in [6, 6.07) is 0. The normalized spacial score (nSPS) is 30.1. The summed E-state index contributed by atoms with van der Waals surface area (Å²) in [5.41, 5.74) is 1.64. The average Bonchev–Trinajstić information content (AvgIpc) is 2.29. The van der Waals surface area contributed by atoms with Gasteiger partial charge in [-0.2, -0.15) is 0 Å². The number of hydrogen-bond acceptors (Lipinski definition) is 0. The summed E-state index contributed by atoms with van der Waals surface area (Å²) in [5.74, 6) is 0.822. The van der Waals surface area contributed by atoms with Gasteiger partial charge < -0.3 is 0 Å². The van der Waals surface area contributed by atoms with E-state index in [0.29, 0.717) is 0 Å². The Labute approximate surface area is 103 Å². The van der Waals surface area contributed by atoms with E-state index in [2.05, 4.69) is 19.9 Å². The van der Waals surface area contributed by atoms with Crippen LogP contribution >= 0.6 is 0 Å². The molecule has 0 fully saturated rings. The molecule has 16 heavy (non-hydrogen) atoms. The van der Waals surface area contributed by atoms with Crippen LogP contribution in [0, 0.1) is 5.92 Å². The van der Waals surface area contributed by atoms with Crippen LogP contribution < -0.4 is 0 Å². The highest BCUT2D eigenvalue weighted by molar-refractivity contribution is 5.01. The molecule has 0 amide bonds. The van der Waals surface area contributed by atoms with Gasteiger partial charge in [-0.15, -0.1) is 0 Å². The summed E-state index contributed by atoms with van der Waals surface area (Å²) < 4.78 is 0. The lowest BCUT2D eigenvalue weighted by atomic mass is 9.93. The Hall–Kier alpha value is -0.260. The number of hydrogen-bond donors (Lipinski definition) is 0. The van der Waals surface area contributed by atoms with Crippen molar-refractivity contribution in [2.45, 2.75) is 84.5 Å². The smallest absolute Gasteiger partial charge is 0.0234 e. The second-order valence-corrected chi connectivity index (χ2v) is 5.61. The summed E-state index contributed by atoms with van der Waals surface area (Å²) >= 11 is 0. The highest BCUT2D eigenvalue weighted by atomic mass is 14.1. The van der Waals surface area contributed by atoms with Crippen molar-refractivity contribution in [2.75, 3.05) is 0 Å². The second kappa shape index (κ2) is 8.84. The Morgan fingerprint density at radius 3 is 1.94 bits per heavy atom. The van der Waals surface area contributed by atoms with Crippen molar-refractivity contribution >= 4 is 0 Å². The summed E-state index contributed by atoms with van der Waals surface area (Å²) in [4.78, 5) is 0. The first-order valence-electron chi connectivity index (χ1n) is 7.47. The van der Waals surface area contributed by atoms with Crippen LogP contribution in [0.4, 0.5) is 0 Å². The Morgan fingerprint density at radius 1 is 0.812 bits per heavy atom. The van der Waals surface area contributed by atoms with E-state index in [0.717, 1.165) is 5.92 Å². The van der Waals surface area contributed by atoms with E-state index in [1.807, 2.05) is 0 Å². The van der Waals surface area contributed by atoms with Crippen LogP contribution in [0.2, 0.25) is 0 Å². The van der Waals surface area contributed by atoms with Crippen molar-refractivity contribution < 1.29 is 0 Å². The average molecular weight is 222 g/mol. The van der Waals surface area contributed by atoms with Crippen molar-refractivity contribution in [2.24, 2.45) is 5.92 Å². The Bertz CT molecular complexity index is 190. The molecule has 0 saturated heterocycles. The van der Waals surface area contributed by atoms with E-state index in [-0.39, 0.29) is 0 Å². The quantitative estimate of drug-likeness (QED) is 0.449. The maximum atomic E-state index is 2.50. The van der Waals surface area contributed by atoms with Gasteiger partial charge in [-0.05, 0) is 32.1 Å². The highest BCUT2D eigenvalue weighted by Crippen LogP contribution is 2.20. The highest BCUT2D eigenvalue weighted by Gasteiger charge is 2.04. The molecule has 0 aromatic rings. The van der Waals surface area contributed by atoms with E-state index >= 15 is 0 Å². The fourth-order valence-electron chi connectivity index (χ4n) is 2.59. The van der Waals surface area contributed by atoms with Gasteiger partial charge in [0.15, 0.2) is 0 Å². The van der Waals surface area contributed by atoms with Gasteiger partial charge in [0.2, 0.25) is 0 Å². The molecule has 1 unspecified atom stereocenters. The zero-order valence-corrected chi connectivity index (χ0v) is 11.4. The van der Waals surface area contributed by atoms with E-state index in [4.69, 9.17) is 0 Å². The fraction of sp³-hybridized carbons (Fsp3) is 0.875. The third-order valence-corrected chi connectivity index (χ3v) is 4.08. The molecular formula is C16H30. The maximum Gasteiger partial charge on any atom is -0.0234 e. The molecule has 94 valence electrons. The molecule has 0 nitrogen and oxygen atoms in total. The van der Waals surface area contributed by atoms with Gasteiger partial charge in [0.1, 0.15) is 0 Å². The summed E-state index contributed by atoms with van der Waals surface area (Å²) in [5, 5.41) is 0. The molecule has 1 atom stereocenters.